The first-order valence-corrected chi connectivity index (χ1v) is 5.86. The molecule has 0 heterocycles. The molecule has 18 heavy (non-hydrogen) atoms. The lowest BCUT2D eigenvalue weighted by Crippen LogP contribution is -2.19. The van der Waals surface area contributed by atoms with E-state index >= 15 is 0 Å². The highest BCUT2D eigenvalue weighted by atomic mass is 35.5. The monoisotopic (exact) mass is 273 g/mol. The van der Waals surface area contributed by atoms with Gasteiger partial charge in [0.15, 0.2) is 0 Å². The van der Waals surface area contributed by atoms with Crippen molar-refractivity contribution in [3.8, 4) is 0 Å². The summed E-state index contributed by atoms with van der Waals surface area (Å²) in [4.78, 5) is 11.0. The molecule has 0 saturated carbocycles. The van der Waals surface area contributed by atoms with E-state index in [1.54, 1.807) is 6.07 Å². The Morgan fingerprint density at radius 1 is 1.56 bits per heavy atom. The maximum Gasteiger partial charge on any atom is 0.337 e. The van der Waals surface area contributed by atoms with Crippen LogP contribution in [0.5, 0.6) is 0 Å². The van der Waals surface area contributed by atoms with Gasteiger partial charge >= 0.3 is 5.97 Å². The van der Waals surface area contributed by atoms with Gasteiger partial charge in [0.25, 0.3) is 0 Å². The average molecular weight is 274 g/mol. The van der Waals surface area contributed by atoms with Gasteiger partial charge in [0.05, 0.1) is 24.0 Å². The Morgan fingerprint density at radius 3 is 2.89 bits per heavy atom. The number of carboxylic acids is 1. The molecule has 3 N–H and O–H groups in total. The molecule has 0 aromatic heterocycles. The standard InChI is InChI=1S/C12H16ClNO4/c1-18-7-9(15)4-5-14-11-6-8(13)2-3-10(11)12(16)17/h2-3,6,9,14-15H,4-5,7H2,1H3,(H,16,17). The molecular formula is C12H16ClNO4. The smallest absolute Gasteiger partial charge is 0.337 e. The van der Waals surface area contributed by atoms with Crippen molar-refractivity contribution in [2.75, 3.05) is 25.6 Å². The Balaban J connectivity index is 2.60. The number of carboxylic acid groups (broad SMARTS) is 1. The second-order valence-corrected chi connectivity index (χ2v) is 4.26. The van der Waals surface area contributed by atoms with Crippen LogP contribution in [0.1, 0.15) is 16.8 Å². The van der Waals surface area contributed by atoms with Gasteiger partial charge in [-0.2, -0.15) is 0 Å². The number of rotatable bonds is 7. The summed E-state index contributed by atoms with van der Waals surface area (Å²) < 4.78 is 4.79. The summed E-state index contributed by atoms with van der Waals surface area (Å²) in [6.45, 7) is 0.689. The molecule has 5 nitrogen and oxygen atoms in total. The lowest BCUT2D eigenvalue weighted by atomic mass is 10.1. The molecule has 0 aliphatic carbocycles. The summed E-state index contributed by atoms with van der Waals surface area (Å²) >= 11 is 5.81. The van der Waals surface area contributed by atoms with Crippen LogP contribution in [0.15, 0.2) is 18.2 Å². The highest BCUT2D eigenvalue weighted by Gasteiger charge is 2.10. The van der Waals surface area contributed by atoms with Gasteiger partial charge in [-0.1, -0.05) is 11.6 Å². The molecule has 0 aliphatic heterocycles. The van der Waals surface area contributed by atoms with E-state index in [1.165, 1.54) is 19.2 Å². The third-order valence-corrected chi connectivity index (χ3v) is 2.60. The Bertz CT molecular complexity index is 411. The van der Waals surface area contributed by atoms with Crippen LogP contribution in [-0.4, -0.2) is 42.5 Å². The molecule has 0 saturated heterocycles. The van der Waals surface area contributed by atoms with Crippen molar-refractivity contribution in [3.63, 3.8) is 0 Å². The van der Waals surface area contributed by atoms with Crippen LogP contribution in [0, 0.1) is 0 Å². The predicted molar refractivity (Wildman–Crippen MR) is 69.4 cm³/mol. The highest BCUT2D eigenvalue weighted by Crippen LogP contribution is 2.21. The molecule has 0 amide bonds. The zero-order valence-electron chi connectivity index (χ0n) is 10.0. The van der Waals surface area contributed by atoms with E-state index in [1.807, 2.05) is 0 Å². The highest BCUT2D eigenvalue weighted by molar-refractivity contribution is 6.31. The van der Waals surface area contributed by atoms with E-state index in [-0.39, 0.29) is 12.2 Å². The topological polar surface area (TPSA) is 78.8 Å². The molecule has 1 rings (SSSR count). The molecule has 0 aliphatic rings. The van der Waals surface area contributed by atoms with Crippen molar-refractivity contribution in [2.24, 2.45) is 0 Å². The molecule has 1 atom stereocenters. The molecule has 1 aromatic rings. The maximum atomic E-state index is 11.0. The van der Waals surface area contributed by atoms with E-state index in [9.17, 15) is 9.90 Å². The van der Waals surface area contributed by atoms with Crippen LogP contribution in [0.2, 0.25) is 5.02 Å². The molecule has 0 fully saturated rings. The molecule has 1 aromatic carbocycles. The summed E-state index contributed by atoms with van der Waals surface area (Å²) in [5, 5.41) is 21.9. The van der Waals surface area contributed by atoms with Crippen molar-refractivity contribution in [1.29, 1.82) is 0 Å². The summed E-state index contributed by atoms with van der Waals surface area (Å²) in [5.74, 6) is -1.02. The van der Waals surface area contributed by atoms with Crippen molar-refractivity contribution >= 4 is 23.3 Å². The van der Waals surface area contributed by atoms with E-state index in [4.69, 9.17) is 21.4 Å². The van der Waals surface area contributed by atoms with E-state index < -0.39 is 12.1 Å². The number of aliphatic hydroxyl groups is 1. The largest absolute Gasteiger partial charge is 0.478 e. The van der Waals surface area contributed by atoms with E-state index in [0.717, 1.165) is 0 Å². The molecule has 0 bridgehead atoms. The molecule has 6 heteroatoms. The summed E-state index contributed by atoms with van der Waals surface area (Å²) in [6.07, 6.45) is -0.116. The molecule has 0 spiro atoms. The zero-order chi connectivity index (χ0) is 13.5. The summed E-state index contributed by atoms with van der Waals surface area (Å²) in [7, 11) is 1.51. The fourth-order valence-corrected chi connectivity index (χ4v) is 1.67. The van der Waals surface area contributed by atoms with Gasteiger partial charge in [-0.05, 0) is 24.6 Å². The number of aromatic carboxylic acids is 1. The first kappa shape index (κ1) is 14.8. The zero-order valence-corrected chi connectivity index (χ0v) is 10.8. The number of halogens is 1. The average Bonchev–Trinajstić information content (AvgIpc) is 2.29. The van der Waals surface area contributed by atoms with Crippen LogP contribution in [0.25, 0.3) is 0 Å². The minimum Gasteiger partial charge on any atom is -0.478 e. The summed E-state index contributed by atoms with van der Waals surface area (Å²) in [6, 6.07) is 4.52. The predicted octanol–water partition coefficient (Wildman–Crippen LogP) is 1.85. The van der Waals surface area contributed by atoms with Crippen LogP contribution in [0.4, 0.5) is 5.69 Å². The fraction of sp³-hybridized carbons (Fsp3) is 0.417. The fourth-order valence-electron chi connectivity index (χ4n) is 1.50. The Hall–Kier alpha value is -1.30. The second-order valence-electron chi connectivity index (χ2n) is 3.82. The number of carbonyl (C=O) groups is 1. The van der Waals surface area contributed by atoms with Gasteiger partial charge in [0, 0.05) is 18.7 Å². The Morgan fingerprint density at radius 2 is 2.28 bits per heavy atom. The lowest BCUT2D eigenvalue weighted by molar-refractivity contribution is 0.0615. The minimum atomic E-state index is -1.02. The molecule has 100 valence electrons. The number of hydrogen-bond acceptors (Lipinski definition) is 4. The van der Waals surface area contributed by atoms with Crippen molar-refractivity contribution in [1.82, 2.24) is 0 Å². The van der Waals surface area contributed by atoms with Crippen LogP contribution in [0.3, 0.4) is 0 Å². The van der Waals surface area contributed by atoms with Gasteiger partial charge in [-0.25, -0.2) is 4.79 Å². The van der Waals surface area contributed by atoms with Crippen LogP contribution in [-0.2, 0) is 4.74 Å². The SMILES string of the molecule is COCC(O)CCNc1cc(Cl)ccc1C(=O)O. The molecule has 0 radical (unpaired) electrons. The number of hydrogen-bond donors (Lipinski definition) is 3. The molecule has 1 unspecified atom stereocenters. The number of methoxy groups -OCH3 is 1. The van der Waals surface area contributed by atoms with Gasteiger partial charge in [-0.15, -0.1) is 0 Å². The first-order chi connectivity index (χ1) is 8.54. The van der Waals surface area contributed by atoms with Gasteiger partial charge < -0.3 is 20.3 Å². The summed E-state index contributed by atoms with van der Waals surface area (Å²) in [5.41, 5.74) is 0.597. The number of anilines is 1. The van der Waals surface area contributed by atoms with E-state index in [2.05, 4.69) is 5.32 Å². The minimum absolute atomic E-state index is 0.153. The molecular weight excluding hydrogens is 258 g/mol. The second kappa shape index (κ2) is 7.20. The third-order valence-electron chi connectivity index (χ3n) is 2.36. The van der Waals surface area contributed by atoms with Crippen LogP contribution >= 0.6 is 11.6 Å². The number of ether oxygens (including phenoxy) is 1. The maximum absolute atomic E-state index is 11.0. The lowest BCUT2D eigenvalue weighted by Gasteiger charge is -2.12. The Kier molecular flexibility index (Phi) is 5.91. The van der Waals surface area contributed by atoms with Crippen molar-refractivity contribution in [3.05, 3.63) is 28.8 Å². The van der Waals surface area contributed by atoms with Gasteiger partial charge in [0.2, 0.25) is 0 Å². The number of nitrogens with one attached hydrogen (secondary N) is 1. The van der Waals surface area contributed by atoms with Crippen molar-refractivity contribution < 1.29 is 19.7 Å². The first-order valence-electron chi connectivity index (χ1n) is 5.48. The number of benzene rings is 1. The van der Waals surface area contributed by atoms with E-state index in [0.29, 0.717) is 23.7 Å². The van der Waals surface area contributed by atoms with Gasteiger partial charge in [0.1, 0.15) is 0 Å². The number of aliphatic hydroxyl groups excluding tert-OH is 1. The van der Waals surface area contributed by atoms with Crippen molar-refractivity contribution in [2.45, 2.75) is 12.5 Å². The Labute approximate surface area is 110 Å². The van der Waals surface area contributed by atoms with Crippen LogP contribution < -0.4 is 5.32 Å². The third kappa shape index (κ3) is 4.52. The normalized spacial score (nSPS) is 12.2. The quantitative estimate of drug-likeness (QED) is 0.707. The van der Waals surface area contributed by atoms with Gasteiger partial charge in [-0.3, -0.25) is 0 Å².